The second-order valence-corrected chi connectivity index (χ2v) is 3.49. The number of hydrogen-bond acceptors (Lipinski definition) is 2. The van der Waals surface area contributed by atoms with Gasteiger partial charge >= 0.3 is 5.97 Å². The minimum absolute atomic E-state index is 0.0752. The summed E-state index contributed by atoms with van der Waals surface area (Å²) >= 11 is 0. The molecule has 1 amide bonds. The largest absolute Gasteiger partial charge is 0.478 e. The molecule has 1 aromatic carbocycles. The number of rotatable bonds is 3. The molecule has 0 saturated carbocycles. The third kappa shape index (κ3) is 3.24. The van der Waals surface area contributed by atoms with Gasteiger partial charge in [0.2, 0.25) is 0 Å². The van der Waals surface area contributed by atoms with Crippen LogP contribution in [0.1, 0.15) is 15.9 Å². The highest BCUT2D eigenvalue weighted by molar-refractivity contribution is 5.94. The number of benzene rings is 1. The third-order valence-electron chi connectivity index (χ3n) is 1.98. The maximum atomic E-state index is 11.5. The molecule has 0 atom stereocenters. The summed E-state index contributed by atoms with van der Waals surface area (Å²) in [5.41, 5.74) is 1.33. The van der Waals surface area contributed by atoms with Crippen molar-refractivity contribution in [3.05, 3.63) is 41.5 Å². The molecule has 0 bridgehead atoms. The average molecular weight is 219 g/mol. The first-order valence-electron chi connectivity index (χ1n) is 4.73. The van der Waals surface area contributed by atoms with E-state index >= 15 is 0 Å². The van der Waals surface area contributed by atoms with Crippen LogP contribution in [0.4, 0.5) is 0 Å². The number of amides is 1. The normalized spacial score (nSPS) is 10.4. The fourth-order valence-electron chi connectivity index (χ4n) is 1.16. The Balaban J connectivity index is 2.83. The predicted octanol–water partition coefficient (Wildman–Crippen LogP) is 1.49. The molecule has 84 valence electrons. The van der Waals surface area contributed by atoms with Gasteiger partial charge in [-0.15, -0.1) is 0 Å². The first kappa shape index (κ1) is 12.0. The standard InChI is InChI=1S/C12H13NO3/c1-13(2)12(16)10-6-3-9(4-7-10)5-8-11(14)15/h3-8H,1-2H3,(H,14,15). The van der Waals surface area contributed by atoms with Gasteiger partial charge in [-0.25, -0.2) is 4.79 Å². The van der Waals surface area contributed by atoms with E-state index in [1.54, 1.807) is 38.4 Å². The van der Waals surface area contributed by atoms with Crippen LogP contribution >= 0.6 is 0 Å². The van der Waals surface area contributed by atoms with Gasteiger partial charge in [-0.3, -0.25) is 4.79 Å². The minimum atomic E-state index is -0.992. The number of nitrogens with zero attached hydrogens (tertiary/aromatic N) is 1. The van der Waals surface area contributed by atoms with Crippen molar-refractivity contribution in [1.29, 1.82) is 0 Å². The van der Waals surface area contributed by atoms with Crippen molar-refractivity contribution in [1.82, 2.24) is 4.90 Å². The lowest BCUT2D eigenvalue weighted by Crippen LogP contribution is -2.21. The summed E-state index contributed by atoms with van der Waals surface area (Å²) in [5.74, 6) is -1.07. The molecular formula is C12H13NO3. The number of carboxylic acids is 1. The molecule has 4 heteroatoms. The van der Waals surface area contributed by atoms with Crippen LogP contribution in [-0.2, 0) is 4.79 Å². The number of aliphatic carboxylic acids is 1. The Hall–Kier alpha value is -2.10. The second-order valence-electron chi connectivity index (χ2n) is 3.49. The minimum Gasteiger partial charge on any atom is -0.478 e. The van der Waals surface area contributed by atoms with Crippen molar-refractivity contribution < 1.29 is 14.7 Å². The zero-order valence-corrected chi connectivity index (χ0v) is 9.18. The van der Waals surface area contributed by atoms with Gasteiger partial charge in [0.15, 0.2) is 0 Å². The summed E-state index contributed by atoms with van der Waals surface area (Å²) in [6.45, 7) is 0. The lowest BCUT2D eigenvalue weighted by Gasteiger charge is -2.09. The lowest BCUT2D eigenvalue weighted by atomic mass is 10.1. The van der Waals surface area contributed by atoms with Gasteiger partial charge in [-0.1, -0.05) is 12.1 Å². The van der Waals surface area contributed by atoms with E-state index in [1.807, 2.05) is 0 Å². The van der Waals surface area contributed by atoms with Gasteiger partial charge in [-0.2, -0.15) is 0 Å². The highest BCUT2D eigenvalue weighted by Gasteiger charge is 2.06. The second kappa shape index (κ2) is 5.11. The molecule has 0 aliphatic heterocycles. The molecule has 0 aromatic heterocycles. The first-order valence-corrected chi connectivity index (χ1v) is 4.73. The molecule has 1 N–H and O–H groups in total. The Kier molecular flexibility index (Phi) is 3.83. The molecule has 0 aliphatic rings. The highest BCUT2D eigenvalue weighted by Crippen LogP contribution is 2.07. The zero-order valence-electron chi connectivity index (χ0n) is 9.18. The van der Waals surface area contributed by atoms with E-state index in [2.05, 4.69) is 0 Å². The van der Waals surface area contributed by atoms with Gasteiger partial charge in [0.1, 0.15) is 0 Å². The summed E-state index contributed by atoms with van der Waals surface area (Å²) in [6.07, 6.45) is 2.54. The van der Waals surface area contributed by atoms with Crippen molar-refractivity contribution in [3.63, 3.8) is 0 Å². The average Bonchev–Trinajstić information content (AvgIpc) is 2.26. The smallest absolute Gasteiger partial charge is 0.328 e. The van der Waals surface area contributed by atoms with Crippen molar-refractivity contribution in [2.45, 2.75) is 0 Å². The molecule has 4 nitrogen and oxygen atoms in total. The topological polar surface area (TPSA) is 57.6 Å². The van der Waals surface area contributed by atoms with Crippen LogP contribution < -0.4 is 0 Å². The third-order valence-corrected chi connectivity index (χ3v) is 1.98. The van der Waals surface area contributed by atoms with Crippen LogP contribution in [0.25, 0.3) is 6.08 Å². The molecule has 0 aliphatic carbocycles. The van der Waals surface area contributed by atoms with Crippen LogP contribution in [0.2, 0.25) is 0 Å². The molecule has 0 radical (unpaired) electrons. The quantitative estimate of drug-likeness (QED) is 0.783. The van der Waals surface area contributed by atoms with Crippen molar-refractivity contribution in [2.75, 3.05) is 14.1 Å². The van der Waals surface area contributed by atoms with E-state index in [0.717, 1.165) is 11.6 Å². The van der Waals surface area contributed by atoms with Gasteiger partial charge in [0.05, 0.1) is 0 Å². The summed E-state index contributed by atoms with van der Waals surface area (Å²) in [4.78, 5) is 23.3. The van der Waals surface area contributed by atoms with Gasteiger partial charge in [0.25, 0.3) is 5.91 Å². The zero-order chi connectivity index (χ0) is 12.1. The molecule has 16 heavy (non-hydrogen) atoms. The molecule has 0 unspecified atom stereocenters. The Bertz CT molecular complexity index is 418. The summed E-state index contributed by atoms with van der Waals surface area (Å²) in [5, 5.41) is 8.44. The van der Waals surface area contributed by atoms with Gasteiger partial charge in [-0.05, 0) is 23.8 Å². The SMILES string of the molecule is CN(C)C(=O)c1ccc(C=CC(=O)O)cc1. The summed E-state index contributed by atoms with van der Waals surface area (Å²) < 4.78 is 0. The van der Waals surface area contributed by atoms with Crippen LogP contribution in [0.3, 0.4) is 0 Å². The van der Waals surface area contributed by atoms with Crippen molar-refractivity contribution in [2.24, 2.45) is 0 Å². The fraction of sp³-hybridized carbons (Fsp3) is 0.167. The van der Waals surface area contributed by atoms with E-state index in [9.17, 15) is 9.59 Å². The molecule has 0 saturated heterocycles. The van der Waals surface area contributed by atoms with E-state index in [0.29, 0.717) is 5.56 Å². The number of carbonyl (C=O) groups is 2. The van der Waals surface area contributed by atoms with E-state index in [4.69, 9.17) is 5.11 Å². The summed E-state index contributed by atoms with van der Waals surface area (Å²) in [6, 6.07) is 6.75. The van der Waals surface area contributed by atoms with Crippen LogP contribution in [-0.4, -0.2) is 36.0 Å². The monoisotopic (exact) mass is 219 g/mol. The van der Waals surface area contributed by atoms with Crippen molar-refractivity contribution in [3.8, 4) is 0 Å². The van der Waals surface area contributed by atoms with Crippen LogP contribution in [0.5, 0.6) is 0 Å². The molecule has 0 spiro atoms. The van der Waals surface area contributed by atoms with E-state index < -0.39 is 5.97 Å². The Morgan fingerprint density at radius 3 is 2.19 bits per heavy atom. The molecule has 1 rings (SSSR count). The number of carboxylic acid groups (broad SMARTS) is 1. The molecule has 0 heterocycles. The Morgan fingerprint density at radius 2 is 1.75 bits per heavy atom. The maximum absolute atomic E-state index is 11.5. The van der Waals surface area contributed by atoms with Crippen molar-refractivity contribution >= 4 is 18.0 Å². The first-order chi connectivity index (χ1) is 7.50. The summed E-state index contributed by atoms with van der Waals surface area (Å²) in [7, 11) is 3.36. The van der Waals surface area contributed by atoms with Gasteiger partial charge < -0.3 is 10.0 Å². The van der Waals surface area contributed by atoms with Crippen LogP contribution in [0.15, 0.2) is 30.3 Å². The maximum Gasteiger partial charge on any atom is 0.328 e. The van der Waals surface area contributed by atoms with Crippen LogP contribution in [0, 0.1) is 0 Å². The Morgan fingerprint density at radius 1 is 1.19 bits per heavy atom. The molecule has 0 fully saturated rings. The Labute approximate surface area is 93.8 Å². The fourth-order valence-corrected chi connectivity index (χ4v) is 1.16. The molecular weight excluding hydrogens is 206 g/mol. The van der Waals surface area contributed by atoms with Gasteiger partial charge in [0, 0.05) is 25.7 Å². The highest BCUT2D eigenvalue weighted by atomic mass is 16.4. The molecule has 1 aromatic rings. The lowest BCUT2D eigenvalue weighted by molar-refractivity contribution is -0.131. The number of hydrogen-bond donors (Lipinski definition) is 1. The van der Waals surface area contributed by atoms with E-state index in [-0.39, 0.29) is 5.91 Å². The predicted molar refractivity (Wildman–Crippen MR) is 61.1 cm³/mol. The number of carbonyl (C=O) groups excluding carboxylic acids is 1. The van der Waals surface area contributed by atoms with E-state index in [1.165, 1.54) is 11.0 Å².